The summed E-state index contributed by atoms with van der Waals surface area (Å²) in [6, 6.07) is 6.59. The van der Waals surface area contributed by atoms with E-state index < -0.39 is 6.04 Å². The zero-order valence-corrected chi connectivity index (χ0v) is 13.4. The lowest BCUT2D eigenvalue weighted by atomic mass is 10.1. The first-order valence-electron chi connectivity index (χ1n) is 7.19. The molecular weight excluding hydrogens is 266 g/mol. The monoisotopic (exact) mass is 291 g/mol. The number of nitrogens with one attached hydrogen (secondary N) is 3. The summed E-state index contributed by atoms with van der Waals surface area (Å²) in [5.74, 6) is -0.449. The first-order chi connectivity index (χ1) is 9.73. The van der Waals surface area contributed by atoms with Crippen LogP contribution in [0.4, 0.5) is 5.69 Å². The van der Waals surface area contributed by atoms with Crippen LogP contribution in [0.5, 0.6) is 0 Å². The van der Waals surface area contributed by atoms with Crippen molar-refractivity contribution in [2.24, 2.45) is 0 Å². The van der Waals surface area contributed by atoms with Crippen molar-refractivity contribution in [1.82, 2.24) is 10.6 Å². The second-order valence-corrected chi connectivity index (χ2v) is 6.04. The van der Waals surface area contributed by atoms with Crippen LogP contribution in [0, 0.1) is 0 Å². The lowest BCUT2D eigenvalue weighted by Crippen LogP contribution is -2.50. The number of amides is 2. The Bertz CT molecular complexity index is 489. The quantitative estimate of drug-likeness (QED) is 0.778. The van der Waals surface area contributed by atoms with Crippen molar-refractivity contribution in [2.45, 2.75) is 46.2 Å². The van der Waals surface area contributed by atoms with Gasteiger partial charge in [-0.15, -0.1) is 0 Å². The number of carbonyl (C=O) groups excluding carboxylic acids is 2. The minimum absolute atomic E-state index is 0.194. The van der Waals surface area contributed by atoms with Crippen LogP contribution in [0.1, 0.15) is 45.0 Å². The first-order valence-corrected chi connectivity index (χ1v) is 7.19. The summed E-state index contributed by atoms with van der Waals surface area (Å²) < 4.78 is 0. The molecule has 0 bridgehead atoms. The average molecular weight is 291 g/mol. The van der Waals surface area contributed by atoms with Gasteiger partial charge in [0, 0.05) is 23.3 Å². The number of carbonyl (C=O) groups is 2. The Labute approximate surface area is 126 Å². The lowest BCUT2D eigenvalue weighted by molar-refractivity contribution is -0.124. The Kier molecular flexibility index (Phi) is 5.76. The molecule has 0 aliphatic heterocycles. The third kappa shape index (κ3) is 5.85. The van der Waals surface area contributed by atoms with E-state index in [1.54, 1.807) is 19.1 Å². The Morgan fingerprint density at radius 2 is 1.71 bits per heavy atom. The maximum absolute atomic E-state index is 12.1. The minimum atomic E-state index is -0.579. The SMILES string of the molecule is CCNc1ccc(C(=O)NC(C)C(=O)NC(C)(C)C)cc1. The van der Waals surface area contributed by atoms with Gasteiger partial charge in [-0.3, -0.25) is 9.59 Å². The highest BCUT2D eigenvalue weighted by Gasteiger charge is 2.21. The van der Waals surface area contributed by atoms with Crippen molar-refractivity contribution >= 4 is 17.5 Å². The van der Waals surface area contributed by atoms with E-state index in [9.17, 15) is 9.59 Å². The minimum Gasteiger partial charge on any atom is -0.385 e. The second kappa shape index (κ2) is 7.11. The van der Waals surface area contributed by atoms with Crippen LogP contribution in [-0.4, -0.2) is 29.9 Å². The molecule has 1 aromatic carbocycles. The van der Waals surface area contributed by atoms with E-state index in [1.807, 2.05) is 39.8 Å². The summed E-state index contributed by atoms with van der Waals surface area (Å²) in [5, 5.41) is 8.70. The summed E-state index contributed by atoms with van der Waals surface area (Å²) in [7, 11) is 0. The molecule has 1 unspecified atom stereocenters. The Morgan fingerprint density at radius 1 is 1.14 bits per heavy atom. The molecule has 0 aliphatic carbocycles. The van der Waals surface area contributed by atoms with Crippen molar-refractivity contribution in [1.29, 1.82) is 0 Å². The van der Waals surface area contributed by atoms with Gasteiger partial charge >= 0.3 is 0 Å². The predicted molar refractivity (Wildman–Crippen MR) is 85.4 cm³/mol. The average Bonchev–Trinajstić information content (AvgIpc) is 2.37. The van der Waals surface area contributed by atoms with E-state index in [-0.39, 0.29) is 17.4 Å². The molecule has 2 amide bonds. The van der Waals surface area contributed by atoms with E-state index in [2.05, 4.69) is 16.0 Å². The van der Waals surface area contributed by atoms with Gasteiger partial charge in [0.05, 0.1) is 0 Å². The second-order valence-electron chi connectivity index (χ2n) is 6.04. The summed E-state index contributed by atoms with van der Waals surface area (Å²) >= 11 is 0. The zero-order chi connectivity index (χ0) is 16.0. The van der Waals surface area contributed by atoms with Gasteiger partial charge < -0.3 is 16.0 Å². The molecule has 1 rings (SSSR count). The van der Waals surface area contributed by atoms with Crippen LogP contribution < -0.4 is 16.0 Å². The molecule has 3 N–H and O–H groups in total. The van der Waals surface area contributed by atoms with Crippen LogP contribution in [0.15, 0.2) is 24.3 Å². The number of rotatable bonds is 5. The van der Waals surface area contributed by atoms with Gasteiger partial charge in [0.15, 0.2) is 0 Å². The maximum atomic E-state index is 12.1. The van der Waals surface area contributed by atoms with Crippen molar-refractivity contribution in [3.05, 3.63) is 29.8 Å². The van der Waals surface area contributed by atoms with Crippen LogP contribution in [0.25, 0.3) is 0 Å². The van der Waals surface area contributed by atoms with Gasteiger partial charge in [0.25, 0.3) is 5.91 Å². The molecule has 21 heavy (non-hydrogen) atoms. The molecule has 0 aliphatic rings. The topological polar surface area (TPSA) is 70.2 Å². The van der Waals surface area contributed by atoms with Crippen molar-refractivity contribution < 1.29 is 9.59 Å². The molecule has 0 radical (unpaired) electrons. The third-order valence-electron chi connectivity index (χ3n) is 2.77. The van der Waals surface area contributed by atoms with Crippen LogP contribution in [-0.2, 0) is 4.79 Å². The summed E-state index contributed by atoms with van der Waals surface area (Å²) in [5.41, 5.74) is 1.18. The molecule has 0 fully saturated rings. The van der Waals surface area contributed by atoms with Crippen molar-refractivity contribution in [3.63, 3.8) is 0 Å². The standard InChI is InChI=1S/C16H25N3O2/c1-6-17-13-9-7-12(8-10-13)15(21)18-11(2)14(20)19-16(3,4)5/h7-11,17H,6H2,1-5H3,(H,18,21)(H,19,20). The molecule has 5 nitrogen and oxygen atoms in total. The summed E-state index contributed by atoms with van der Waals surface area (Å²) in [6.45, 7) is 10.2. The number of hydrogen-bond donors (Lipinski definition) is 3. The smallest absolute Gasteiger partial charge is 0.251 e. The molecule has 0 spiro atoms. The van der Waals surface area contributed by atoms with Gasteiger partial charge in [-0.1, -0.05) is 0 Å². The maximum Gasteiger partial charge on any atom is 0.251 e. The Morgan fingerprint density at radius 3 is 2.19 bits per heavy atom. The van der Waals surface area contributed by atoms with E-state index >= 15 is 0 Å². The van der Waals surface area contributed by atoms with Gasteiger partial charge in [-0.2, -0.15) is 0 Å². The number of hydrogen-bond acceptors (Lipinski definition) is 3. The Balaban J connectivity index is 2.61. The molecule has 5 heteroatoms. The van der Waals surface area contributed by atoms with Crippen LogP contribution in [0.3, 0.4) is 0 Å². The van der Waals surface area contributed by atoms with Crippen molar-refractivity contribution in [3.8, 4) is 0 Å². The highest BCUT2D eigenvalue weighted by Crippen LogP contribution is 2.09. The van der Waals surface area contributed by atoms with Crippen LogP contribution >= 0.6 is 0 Å². The number of anilines is 1. The van der Waals surface area contributed by atoms with Crippen LogP contribution in [0.2, 0.25) is 0 Å². The van der Waals surface area contributed by atoms with Gasteiger partial charge in [0.2, 0.25) is 5.91 Å². The van der Waals surface area contributed by atoms with Gasteiger partial charge in [-0.25, -0.2) is 0 Å². The molecule has 0 heterocycles. The molecule has 116 valence electrons. The third-order valence-corrected chi connectivity index (χ3v) is 2.77. The van der Waals surface area contributed by atoms with Gasteiger partial charge in [-0.05, 0) is 58.9 Å². The van der Waals surface area contributed by atoms with Gasteiger partial charge in [0.1, 0.15) is 6.04 Å². The fourth-order valence-electron chi connectivity index (χ4n) is 1.77. The highest BCUT2D eigenvalue weighted by molar-refractivity contribution is 5.97. The van der Waals surface area contributed by atoms with Crippen molar-refractivity contribution in [2.75, 3.05) is 11.9 Å². The molecule has 1 aromatic rings. The molecule has 1 atom stereocenters. The van der Waals surface area contributed by atoms with E-state index in [0.29, 0.717) is 5.56 Å². The van der Waals surface area contributed by atoms with E-state index in [0.717, 1.165) is 12.2 Å². The lowest BCUT2D eigenvalue weighted by Gasteiger charge is -2.23. The normalized spacial score (nSPS) is 12.4. The number of benzene rings is 1. The summed E-state index contributed by atoms with van der Waals surface area (Å²) in [4.78, 5) is 24.0. The zero-order valence-electron chi connectivity index (χ0n) is 13.4. The molecule has 0 saturated heterocycles. The largest absolute Gasteiger partial charge is 0.385 e. The fourth-order valence-corrected chi connectivity index (χ4v) is 1.77. The predicted octanol–water partition coefficient (Wildman–Crippen LogP) is 2.15. The van der Waals surface area contributed by atoms with E-state index in [1.165, 1.54) is 0 Å². The molecule has 0 saturated carbocycles. The molecular formula is C16H25N3O2. The first kappa shape index (κ1) is 17.0. The summed E-state index contributed by atoms with van der Waals surface area (Å²) in [6.07, 6.45) is 0. The van der Waals surface area contributed by atoms with E-state index in [4.69, 9.17) is 0 Å². The molecule has 0 aromatic heterocycles. The fraction of sp³-hybridized carbons (Fsp3) is 0.500. The Hall–Kier alpha value is -2.04. The highest BCUT2D eigenvalue weighted by atomic mass is 16.2.